The molecule has 3 heterocycles. The minimum absolute atomic E-state index is 0.281. The van der Waals surface area contributed by atoms with Gasteiger partial charge in [-0.15, -0.1) is 0 Å². The minimum atomic E-state index is -0.293. The van der Waals surface area contributed by atoms with Crippen LogP contribution in [0.5, 0.6) is 0 Å². The molecule has 1 N–H and O–H groups in total. The molecule has 0 fully saturated rings. The van der Waals surface area contributed by atoms with E-state index in [1.54, 1.807) is 0 Å². The molecule has 0 saturated carbocycles. The zero-order valence-corrected chi connectivity index (χ0v) is 14.8. The van der Waals surface area contributed by atoms with Crippen molar-refractivity contribution in [1.29, 1.82) is 0 Å². The fourth-order valence-corrected chi connectivity index (χ4v) is 3.06. The molecule has 0 unspecified atom stereocenters. The molecule has 134 valence electrons. The summed E-state index contributed by atoms with van der Waals surface area (Å²) >= 11 is 0. The summed E-state index contributed by atoms with van der Waals surface area (Å²) in [6.45, 7) is 0. The second-order valence-corrected chi connectivity index (χ2v) is 6.37. The highest BCUT2D eigenvalue weighted by molar-refractivity contribution is 6.03. The van der Waals surface area contributed by atoms with Gasteiger partial charge in [0.1, 0.15) is 11.3 Å². The van der Waals surface area contributed by atoms with Crippen molar-refractivity contribution in [3.63, 3.8) is 0 Å². The Morgan fingerprint density at radius 2 is 1.64 bits per heavy atom. The predicted octanol–water partition coefficient (Wildman–Crippen LogP) is 4.20. The number of aromatic nitrogens is 4. The summed E-state index contributed by atoms with van der Waals surface area (Å²) in [5.74, 6) is -0.293. The van der Waals surface area contributed by atoms with Crippen LogP contribution in [0.15, 0.2) is 85.3 Å². The summed E-state index contributed by atoms with van der Waals surface area (Å²) in [7, 11) is 0. The molecule has 0 aliphatic carbocycles. The number of pyridine rings is 1. The van der Waals surface area contributed by atoms with Crippen LogP contribution in [-0.2, 0) is 0 Å². The third-order valence-corrected chi connectivity index (χ3v) is 4.48. The molecule has 6 heteroatoms. The van der Waals surface area contributed by atoms with Crippen LogP contribution in [0.3, 0.4) is 0 Å². The zero-order chi connectivity index (χ0) is 18.9. The number of imidazole rings is 1. The highest BCUT2D eigenvalue weighted by Crippen LogP contribution is 2.21. The largest absolute Gasteiger partial charge is 0.321 e. The molecule has 0 atom stereocenters. The summed E-state index contributed by atoms with van der Waals surface area (Å²) in [4.78, 5) is 25.8. The number of amides is 1. The highest BCUT2D eigenvalue weighted by atomic mass is 16.1. The Balaban J connectivity index is 1.37. The van der Waals surface area contributed by atoms with Crippen LogP contribution in [0.1, 0.15) is 10.5 Å². The molecule has 0 aliphatic rings. The molecule has 5 aromatic rings. The van der Waals surface area contributed by atoms with Crippen LogP contribution in [0.25, 0.3) is 27.9 Å². The Kier molecular flexibility index (Phi) is 3.80. The van der Waals surface area contributed by atoms with Gasteiger partial charge in [-0.3, -0.25) is 9.78 Å². The Hall–Kier alpha value is -4.06. The van der Waals surface area contributed by atoms with Crippen molar-refractivity contribution in [1.82, 2.24) is 19.4 Å². The number of fused-ring (bicyclic) bond motifs is 2. The Morgan fingerprint density at radius 1 is 0.857 bits per heavy atom. The molecule has 1 amide bonds. The SMILES string of the molecule is O=C(Nc1ccc(-c2cn3ccccc3n2)cc1)c1cnc2ccccc2n1. The Labute approximate surface area is 160 Å². The van der Waals surface area contributed by atoms with Crippen LogP contribution in [0.2, 0.25) is 0 Å². The number of nitrogens with zero attached hydrogens (tertiary/aromatic N) is 4. The maximum Gasteiger partial charge on any atom is 0.275 e. The van der Waals surface area contributed by atoms with Gasteiger partial charge in [-0.2, -0.15) is 0 Å². The maximum absolute atomic E-state index is 12.5. The van der Waals surface area contributed by atoms with E-state index in [1.165, 1.54) is 6.20 Å². The summed E-state index contributed by atoms with van der Waals surface area (Å²) in [5, 5.41) is 2.86. The van der Waals surface area contributed by atoms with Crippen LogP contribution in [0, 0.1) is 0 Å². The van der Waals surface area contributed by atoms with Crippen molar-refractivity contribution >= 4 is 28.3 Å². The number of carbonyl (C=O) groups is 1. The van der Waals surface area contributed by atoms with Crippen molar-refractivity contribution in [3.05, 3.63) is 91.0 Å². The third-order valence-electron chi connectivity index (χ3n) is 4.48. The first-order chi connectivity index (χ1) is 13.8. The van der Waals surface area contributed by atoms with E-state index in [0.717, 1.165) is 22.4 Å². The number of carbonyl (C=O) groups excluding carboxylic acids is 1. The van der Waals surface area contributed by atoms with Crippen LogP contribution in [0.4, 0.5) is 5.69 Å². The molecular weight excluding hydrogens is 350 g/mol. The van der Waals surface area contributed by atoms with Gasteiger partial charge in [0.15, 0.2) is 0 Å². The number of hydrogen-bond donors (Lipinski definition) is 1. The molecule has 0 aliphatic heterocycles. The van der Waals surface area contributed by atoms with Gasteiger partial charge in [0.2, 0.25) is 0 Å². The lowest BCUT2D eigenvalue weighted by atomic mass is 10.1. The number of nitrogens with one attached hydrogen (secondary N) is 1. The molecule has 0 bridgehead atoms. The van der Waals surface area contributed by atoms with Crippen molar-refractivity contribution in [3.8, 4) is 11.3 Å². The molecule has 28 heavy (non-hydrogen) atoms. The van der Waals surface area contributed by atoms with Gasteiger partial charge in [0.05, 0.1) is 22.9 Å². The quantitative estimate of drug-likeness (QED) is 0.520. The lowest BCUT2D eigenvalue weighted by molar-refractivity contribution is 0.102. The van der Waals surface area contributed by atoms with Crippen molar-refractivity contribution in [2.75, 3.05) is 5.32 Å². The summed E-state index contributed by atoms with van der Waals surface area (Å²) < 4.78 is 1.98. The van der Waals surface area contributed by atoms with Gasteiger partial charge in [0.25, 0.3) is 5.91 Å². The van der Waals surface area contributed by atoms with Gasteiger partial charge in [0, 0.05) is 23.6 Å². The topological polar surface area (TPSA) is 72.2 Å². The molecule has 5 rings (SSSR count). The van der Waals surface area contributed by atoms with E-state index in [4.69, 9.17) is 0 Å². The lowest BCUT2D eigenvalue weighted by Gasteiger charge is -2.06. The number of benzene rings is 2. The molecular formula is C22H15N5O. The van der Waals surface area contributed by atoms with E-state index in [-0.39, 0.29) is 11.6 Å². The molecule has 0 spiro atoms. The number of anilines is 1. The number of hydrogen-bond acceptors (Lipinski definition) is 4. The monoisotopic (exact) mass is 365 g/mol. The Morgan fingerprint density at radius 3 is 2.46 bits per heavy atom. The molecule has 0 saturated heterocycles. The van der Waals surface area contributed by atoms with Crippen LogP contribution >= 0.6 is 0 Å². The lowest BCUT2D eigenvalue weighted by Crippen LogP contribution is -2.14. The van der Waals surface area contributed by atoms with Crippen LogP contribution in [-0.4, -0.2) is 25.3 Å². The van der Waals surface area contributed by atoms with E-state index in [1.807, 2.05) is 83.5 Å². The van der Waals surface area contributed by atoms with E-state index >= 15 is 0 Å². The highest BCUT2D eigenvalue weighted by Gasteiger charge is 2.10. The van der Waals surface area contributed by atoms with E-state index in [2.05, 4.69) is 20.3 Å². The Bertz CT molecular complexity index is 1270. The van der Waals surface area contributed by atoms with Gasteiger partial charge in [-0.05, 0) is 36.4 Å². The first-order valence-corrected chi connectivity index (χ1v) is 8.84. The second-order valence-electron chi connectivity index (χ2n) is 6.37. The molecule has 2 aromatic carbocycles. The normalized spacial score (nSPS) is 11.0. The first kappa shape index (κ1) is 16.1. The van der Waals surface area contributed by atoms with Gasteiger partial charge < -0.3 is 9.72 Å². The van der Waals surface area contributed by atoms with Crippen molar-refractivity contribution in [2.24, 2.45) is 0 Å². The van der Waals surface area contributed by atoms with Crippen molar-refractivity contribution < 1.29 is 4.79 Å². The van der Waals surface area contributed by atoms with Gasteiger partial charge >= 0.3 is 0 Å². The molecule has 3 aromatic heterocycles. The van der Waals surface area contributed by atoms with Crippen LogP contribution < -0.4 is 5.32 Å². The van der Waals surface area contributed by atoms with E-state index < -0.39 is 0 Å². The summed E-state index contributed by atoms with van der Waals surface area (Å²) in [6.07, 6.45) is 5.43. The minimum Gasteiger partial charge on any atom is -0.321 e. The fraction of sp³-hybridized carbons (Fsp3) is 0. The summed E-state index contributed by atoms with van der Waals surface area (Å²) in [5.41, 5.74) is 5.17. The van der Waals surface area contributed by atoms with Gasteiger partial charge in [-0.25, -0.2) is 9.97 Å². The third kappa shape index (κ3) is 2.97. The second kappa shape index (κ2) is 6.59. The first-order valence-electron chi connectivity index (χ1n) is 8.84. The smallest absolute Gasteiger partial charge is 0.275 e. The standard InChI is InChI=1S/C22H15N5O/c28-22(19-13-23-17-5-1-2-6-18(17)25-19)24-16-10-8-15(9-11-16)20-14-27-12-4-3-7-21(27)26-20/h1-14H,(H,24,28). The zero-order valence-electron chi connectivity index (χ0n) is 14.8. The number of rotatable bonds is 3. The fourth-order valence-electron chi connectivity index (χ4n) is 3.06. The average Bonchev–Trinajstić information content (AvgIpc) is 3.18. The maximum atomic E-state index is 12.5. The summed E-state index contributed by atoms with van der Waals surface area (Å²) in [6, 6.07) is 20.9. The van der Waals surface area contributed by atoms with E-state index in [9.17, 15) is 4.79 Å². The predicted molar refractivity (Wildman–Crippen MR) is 108 cm³/mol. The van der Waals surface area contributed by atoms with E-state index in [0.29, 0.717) is 11.2 Å². The number of para-hydroxylation sites is 2. The molecule has 6 nitrogen and oxygen atoms in total. The van der Waals surface area contributed by atoms with Crippen molar-refractivity contribution in [2.45, 2.75) is 0 Å². The molecule has 0 radical (unpaired) electrons. The average molecular weight is 365 g/mol. The van der Waals surface area contributed by atoms with Gasteiger partial charge in [-0.1, -0.05) is 30.3 Å².